The van der Waals surface area contributed by atoms with E-state index < -0.39 is 5.97 Å². The fourth-order valence-electron chi connectivity index (χ4n) is 2.68. The number of benzene rings is 2. The van der Waals surface area contributed by atoms with Crippen LogP contribution < -0.4 is 10.6 Å². The molecule has 136 valence electrons. The maximum absolute atomic E-state index is 12.3. The van der Waals surface area contributed by atoms with Crippen molar-refractivity contribution >= 4 is 29.2 Å². The summed E-state index contributed by atoms with van der Waals surface area (Å²) in [5, 5.41) is 14.3. The van der Waals surface area contributed by atoms with E-state index >= 15 is 0 Å². The number of rotatable bonds is 5. The third kappa shape index (κ3) is 4.30. The minimum atomic E-state index is -0.449. The molecule has 1 aliphatic rings. The van der Waals surface area contributed by atoms with Crippen molar-refractivity contribution in [2.75, 3.05) is 17.7 Å². The lowest BCUT2D eigenvalue weighted by Gasteiger charge is -2.07. The summed E-state index contributed by atoms with van der Waals surface area (Å²) in [5.41, 5.74) is 2.03. The number of methoxy groups -OCH3 is 1. The number of anilines is 2. The molecule has 2 N–H and O–H groups in total. The van der Waals surface area contributed by atoms with Gasteiger partial charge in [-0.1, -0.05) is 0 Å². The molecule has 7 nitrogen and oxygen atoms in total. The number of nitriles is 1. The highest BCUT2D eigenvalue weighted by Gasteiger charge is 2.48. The molecule has 0 aliphatic heterocycles. The number of nitrogens with one attached hydrogen (secondary N) is 2. The van der Waals surface area contributed by atoms with Gasteiger partial charge in [-0.25, -0.2) is 4.79 Å². The maximum atomic E-state index is 12.3. The lowest BCUT2D eigenvalue weighted by atomic mass is 10.2. The van der Waals surface area contributed by atoms with Crippen molar-refractivity contribution in [3.8, 4) is 6.07 Å². The Labute approximate surface area is 155 Å². The largest absolute Gasteiger partial charge is 0.465 e. The summed E-state index contributed by atoms with van der Waals surface area (Å²) in [6.45, 7) is 0. The Morgan fingerprint density at radius 2 is 1.41 bits per heavy atom. The summed E-state index contributed by atoms with van der Waals surface area (Å²) < 4.78 is 4.62. The molecule has 2 unspecified atom stereocenters. The van der Waals surface area contributed by atoms with Crippen LogP contribution in [0.2, 0.25) is 0 Å². The van der Waals surface area contributed by atoms with Crippen LogP contribution in [0.1, 0.15) is 22.3 Å². The molecule has 0 aromatic heterocycles. The Kier molecular flexibility index (Phi) is 5.18. The van der Waals surface area contributed by atoms with E-state index in [4.69, 9.17) is 5.26 Å². The van der Waals surface area contributed by atoms with Crippen LogP contribution in [0.3, 0.4) is 0 Å². The molecule has 1 aliphatic carbocycles. The normalized spacial score (nSPS) is 17.3. The number of ether oxygens (including phenoxy) is 1. The van der Waals surface area contributed by atoms with Crippen molar-refractivity contribution in [3.63, 3.8) is 0 Å². The average Bonchev–Trinajstić information content (AvgIpc) is 3.50. The molecule has 0 spiro atoms. The molecular formula is C20H17N3O4. The minimum absolute atomic E-state index is 0.221. The van der Waals surface area contributed by atoms with Gasteiger partial charge in [-0.3, -0.25) is 9.59 Å². The lowest BCUT2D eigenvalue weighted by Crippen LogP contribution is -2.20. The third-order valence-corrected chi connectivity index (χ3v) is 4.32. The summed E-state index contributed by atoms with van der Waals surface area (Å²) in [7, 11) is 1.30. The van der Waals surface area contributed by atoms with Gasteiger partial charge in [0, 0.05) is 11.4 Å². The molecule has 0 bridgehead atoms. The second-order valence-electron chi connectivity index (χ2n) is 6.19. The Morgan fingerprint density at radius 1 is 0.926 bits per heavy atom. The summed E-state index contributed by atoms with van der Waals surface area (Å²) >= 11 is 0. The topological polar surface area (TPSA) is 108 Å². The second-order valence-corrected chi connectivity index (χ2v) is 6.19. The first-order valence-electron chi connectivity index (χ1n) is 8.32. The first-order valence-corrected chi connectivity index (χ1v) is 8.32. The number of esters is 1. The van der Waals surface area contributed by atoms with E-state index in [-0.39, 0.29) is 23.7 Å². The fourth-order valence-corrected chi connectivity index (χ4v) is 2.68. The number of amides is 2. The Balaban J connectivity index is 1.53. The van der Waals surface area contributed by atoms with Crippen molar-refractivity contribution < 1.29 is 19.1 Å². The maximum Gasteiger partial charge on any atom is 0.337 e. The smallest absolute Gasteiger partial charge is 0.337 e. The number of hydrogen-bond acceptors (Lipinski definition) is 5. The van der Waals surface area contributed by atoms with Crippen LogP contribution in [0.15, 0.2) is 48.5 Å². The van der Waals surface area contributed by atoms with Crippen molar-refractivity contribution in [2.45, 2.75) is 6.42 Å². The van der Waals surface area contributed by atoms with E-state index in [1.165, 1.54) is 7.11 Å². The zero-order valence-corrected chi connectivity index (χ0v) is 14.6. The van der Waals surface area contributed by atoms with Gasteiger partial charge in [0.05, 0.1) is 36.1 Å². The van der Waals surface area contributed by atoms with Crippen LogP contribution in [0.5, 0.6) is 0 Å². The molecule has 27 heavy (non-hydrogen) atoms. The summed E-state index contributed by atoms with van der Waals surface area (Å²) in [6.07, 6.45) is 0.480. The highest BCUT2D eigenvalue weighted by Crippen LogP contribution is 2.40. The molecule has 0 saturated heterocycles. The zero-order chi connectivity index (χ0) is 19.4. The van der Waals surface area contributed by atoms with Crippen LogP contribution in [0, 0.1) is 23.2 Å². The summed E-state index contributed by atoms with van der Waals surface area (Å²) in [4.78, 5) is 35.9. The van der Waals surface area contributed by atoms with Crippen LogP contribution >= 0.6 is 0 Å². The van der Waals surface area contributed by atoms with Gasteiger partial charge in [-0.05, 0) is 55.0 Å². The van der Waals surface area contributed by atoms with Crippen LogP contribution in [-0.2, 0) is 14.3 Å². The second kappa shape index (κ2) is 7.70. The summed E-state index contributed by atoms with van der Waals surface area (Å²) in [6, 6.07) is 14.9. The van der Waals surface area contributed by atoms with E-state index in [0.29, 0.717) is 28.9 Å². The quantitative estimate of drug-likeness (QED) is 0.794. The first-order chi connectivity index (χ1) is 13.0. The molecule has 7 heteroatoms. The number of carbonyl (C=O) groups is 3. The van der Waals surface area contributed by atoms with Crippen LogP contribution in [-0.4, -0.2) is 24.9 Å². The molecule has 1 fully saturated rings. The molecular weight excluding hydrogens is 346 g/mol. The molecule has 0 heterocycles. The molecule has 2 atom stereocenters. The van der Waals surface area contributed by atoms with Crippen molar-refractivity contribution in [1.82, 2.24) is 0 Å². The van der Waals surface area contributed by atoms with Crippen LogP contribution in [0.4, 0.5) is 11.4 Å². The van der Waals surface area contributed by atoms with E-state index in [0.717, 1.165) is 0 Å². The predicted molar refractivity (Wildman–Crippen MR) is 97.8 cm³/mol. The standard InChI is InChI=1S/C20H17N3O4/c1-27-20(26)13-4-8-15(9-5-13)23-19(25)17-10-16(17)18(24)22-14-6-2-12(11-21)3-7-14/h2-9,16-17H,10H2,1H3,(H,22,24)(H,23,25). The van der Waals surface area contributed by atoms with E-state index in [2.05, 4.69) is 15.4 Å². The SMILES string of the molecule is COC(=O)c1ccc(NC(=O)C2CC2C(=O)Nc2ccc(C#N)cc2)cc1. The van der Waals surface area contributed by atoms with E-state index in [9.17, 15) is 14.4 Å². The molecule has 1 saturated carbocycles. The first kappa shape index (κ1) is 18.1. The molecule has 2 aromatic rings. The van der Waals surface area contributed by atoms with Gasteiger partial charge in [-0.15, -0.1) is 0 Å². The number of carbonyl (C=O) groups excluding carboxylic acids is 3. The fraction of sp³-hybridized carbons (Fsp3) is 0.200. The number of nitrogens with zero attached hydrogens (tertiary/aromatic N) is 1. The van der Waals surface area contributed by atoms with E-state index in [1.807, 2.05) is 6.07 Å². The van der Waals surface area contributed by atoms with Crippen molar-refractivity contribution in [1.29, 1.82) is 5.26 Å². The highest BCUT2D eigenvalue weighted by atomic mass is 16.5. The van der Waals surface area contributed by atoms with Crippen LogP contribution in [0.25, 0.3) is 0 Å². The monoisotopic (exact) mass is 363 g/mol. The summed E-state index contributed by atoms with van der Waals surface area (Å²) in [5.74, 6) is -1.67. The Morgan fingerprint density at radius 3 is 1.85 bits per heavy atom. The minimum Gasteiger partial charge on any atom is -0.465 e. The van der Waals surface area contributed by atoms with Gasteiger partial charge in [0.1, 0.15) is 0 Å². The molecule has 2 amide bonds. The zero-order valence-electron chi connectivity index (χ0n) is 14.6. The van der Waals surface area contributed by atoms with Gasteiger partial charge in [0.2, 0.25) is 11.8 Å². The van der Waals surface area contributed by atoms with Gasteiger partial charge < -0.3 is 15.4 Å². The third-order valence-electron chi connectivity index (χ3n) is 4.32. The van der Waals surface area contributed by atoms with Crippen molar-refractivity contribution in [3.05, 3.63) is 59.7 Å². The molecule has 2 aromatic carbocycles. The van der Waals surface area contributed by atoms with Crippen molar-refractivity contribution in [2.24, 2.45) is 11.8 Å². The van der Waals surface area contributed by atoms with E-state index in [1.54, 1.807) is 48.5 Å². The number of hydrogen-bond donors (Lipinski definition) is 2. The molecule has 0 radical (unpaired) electrons. The predicted octanol–water partition coefficient (Wildman–Crippen LogP) is 2.56. The molecule has 3 rings (SSSR count). The van der Waals surface area contributed by atoms with Gasteiger partial charge in [0.25, 0.3) is 0 Å². The Hall–Kier alpha value is -3.66. The Bertz CT molecular complexity index is 914. The lowest BCUT2D eigenvalue weighted by molar-refractivity contribution is -0.122. The highest BCUT2D eigenvalue weighted by molar-refractivity contribution is 6.03. The van der Waals surface area contributed by atoms with Gasteiger partial charge in [-0.2, -0.15) is 5.26 Å². The average molecular weight is 363 g/mol. The van der Waals surface area contributed by atoms with Gasteiger partial charge in [0.15, 0.2) is 0 Å². The van der Waals surface area contributed by atoms with Gasteiger partial charge >= 0.3 is 5.97 Å².